The van der Waals surface area contributed by atoms with E-state index in [9.17, 15) is 9.59 Å². The smallest absolute Gasteiger partial charge is 0.410 e. The summed E-state index contributed by atoms with van der Waals surface area (Å²) in [6.45, 7) is 10.4. The predicted molar refractivity (Wildman–Crippen MR) is 89.7 cm³/mol. The molecule has 0 N–H and O–H groups in total. The lowest BCUT2D eigenvalue weighted by molar-refractivity contribution is -0.162. The Hall–Kier alpha value is -1.30. The molecule has 24 heavy (non-hydrogen) atoms. The van der Waals surface area contributed by atoms with Crippen molar-refractivity contribution in [3.05, 3.63) is 0 Å². The van der Waals surface area contributed by atoms with Crippen LogP contribution in [0.1, 0.15) is 53.4 Å². The molecule has 0 spiro atoms. The molecule has 2 heterocycles. The van der Waals surface area contributed by atoms with E-state index < -0.39 is 11.0 Å². The van der Waals surface area contributed by atoms with Crippen LogP contribution in [0.2, 0.25) is 0 Å². The van der Waals surface area contributed by atoms with Gasteiger partial charge in [-0.05, 0) is 53.4 Å². The lowest BCUT2D eigenvalue weighted by Crippen LogP contribution is -2.44. The fourth-order valence-corrected chi connectivity index (χ4v) is 3.09. The zero-order chi connectivity index (χ0) is 17.8. The normalized spacial score (nSPS) is 24.3. The summed E-state index contributed by atoms with van der Waals surface area (Å²) in [6, 6.07) is 0. The largest absolute Gasteiger partial charge is 0.465 e. The molecule has 0 saturated carbocycles. The molecule has 138 valence electrons. The Morgan fingerprint density at radius 1 is 1.25 bits per heavy atom. The van der Waals surface area contributed by atoms with Crippen LogP contribution in [0.5, 0.6) is 0 Å². The second kappa shape index (κ2) is 7.72. The second-order valence-corrected chi connectivity index (χ2v) is 8.21. The van der Waals surface area contributed by atoms with Gasteiger partial charge in [-0.25, -0.2) is 4.79 Å². The van der Waals surface area contributed by atoms with Gasteiger partial charge in [0.15, 0.2) is 0 Å². The molecular weight excluding hydrogens is 310 g/mol. The van der Waals surface area contributed by atoms with E-state index in [1.807, 2.05) is 27.7 Å². The monoisotopic (exact) mass is 341 g/mol. The minimum Gasteiger partial charge on any atom is -0.465 e. The van der Waals surface area contributed by atoms with Crippen LogP contribution in [0.4, 0.5) is 4.79 Å². The quantitative estimate of drug-likeness (QED) is 0.738. The first-order valence-corrected chi connectivity index (χ1v) is 8.92. The molecule has 0 aliphatic carbocycles. The number of rotatable bonds is 3. The van der Waals surface area contributed by atoms with Crippen molar-refractivity contribution in [2.75, 3.05) is 32.9 Å². The van der Waals surface area contributed by atoms with Crippen molar-refractivity contribution in [1.82, 2.24) is 4.90 Å². The van der Waals surface area contributed by atoms with E-state index in [4.69, 9.17) is 14.2 Å². The summed E-state index contributed by atoms with van der Waals surface area (Å²) in [5, 5.41) is 0. The van der Waals surface area contributed by atoms with Crippen molar-refractivity contribution in [3.8, 4) is 0 Å². The van der Waals surface area contributed by atoms with Crippen LogP contribution in [0.15, 0.2) is 0 Å². The molecular formula is C18H31NO5. The zero-order valence-electron chi connectivity index (χ0n) is 15.4. The highest BCUT2D eigenvalue weighted by molar-refractivity contribution is 5.76. The molecule has 2 rings (SSSR count). The fourth-order valence-electron chi connectivity index (χ4n) is 3.09. The van der Waals surface area contributed by atoms with Gasteiger partial charge in [0.05, 0.1) is 12.0 Å². The Kier molecular flexibility index (Phi) is 6.12. The molecule has 0 aromatic heterocycles. The number of hydrogen-bond donors (Lipinski definition) is 0. The van der Waals surface area contributed by atoms with E-state index in [2.05, 4.69) is 0 Å². The number of carbonyl (C=O) groups is 2. The van der Waals surface area contributed by atoms with Gasteiger partial charge >= 0.3 is 12.1 Å². The van der Waals surface area contributed by atoms with Crippen LogP contribution in [0, 0.1) is 11.3 Å². The topological polar surface area (TPSA) is 65.1 Å². The molecule has 2 fully saturated rings. The van der Waals surface area contributed by atoms with Gasteiger partial charge in [0.2, 0.25) is 0 Å². The van der Waals surface area contributed by atoms with Crippen molar-refractivity contribution in [3.63, 3.8) is 0 Å². The SMILES string of the molecule is CC(C)(C)OC(=O)N1CCC[C@@H](COC(=O)C2(C)CCOCC2)C1. The molecule has 0 aromatic rings. The number of amides is 1. The van der Waals surface area contributed by atoms with Gasteiger partial charge in [-0.15, -0.1) is 0 Å². The molecule has 0 unspecified atom stereocenters. The van der Waals surface area contributed by atoms with Crippen molar-refractivity contribution in [2.45, 2.75) is 59.0 Å². The number of piperidine rings is 1. The van der Waals surface area contributed by atoms with Gasteiger partial charge in [-0.3, -0.25) is 4.79 Å². The van der Waals surface area contributed by atoms with E-state index in [0.717, 1.165) is 12.8 Å². The first kappa shape index (κ1) is 19.0. The van der Waals surface area contributed by atoms with Crippen molar-refractivity contribution in [1.29, 1.82) is 0 Å². The fraction of sp³-hybridized carbons (Fsp3) is 0.889. The van der Waals surface area contributed by atoms with E-state index in [-0.39, 0.29) is 18.0 Å². The van der Waals surface area contributed by atoms with Crippen LogP contribution in [0.25, 0.3) is 0 Å². The number of esters is 1. The van der Waals surface area contributed by atoms with Crippen LogP contribution >= 0.6 is 0 Å². The van der Waals surface area contributed by atoms with Crippen LogP contribution in [0.3, 0.4) is 0 Å². The lowest BCUT2D eigenvalue weighted by atomic mass is 9.82. The molecule has 0 aromatic carbocycles. The summed E-state index contributed by atoms with van der Waals surface area (Å²) in [7, 11) is 0. The Bertz CT molecular complexity index is 451. The van der Waals surface area contributed by atoms with Gasteiger partial charge in [-0.2, -0.15) is 0 Å². The maximum Gasteiger partial charge on any atom is 0.410 e. The maximum atomic E-state index is 12.4. The third-order valence-corrected chi connectivity index (χ3v) is 4.71. The van der Waals surface area contributed by atoms with E-state index in [0.29, 0.717) is 45.8 Å². The summed E-state index contributed by atoms with van der Waals surface area (Å²) in [5.74, 6) is 0.0406. The minimum atomic E-state index is -0.492. The summed E-state index contributed by atoms with van der Waals surface area (Å²) in [5.41, 5.74) is -0.925. The van der Waals surface area contributed by atoms with Crippen molar-refractivity contribution < 1.29 is 23.8 Å². The highest BCUT2D eigenvalue weighted by atomic mass is 16.6. The number of nitrogens with zero attached hydrogens (tertiary/aromatic N) is 1. The molecule has 1 amide bonds. The predicted octanol–water partition coefficient (Wildman–Crippen LogP) is 2.99. The highest BCUT2D eigenvalue weighted by Gasteiger charge is 2.37. The number of likely N-dealkylation sites (tertiary alicyclic amines) is 1. The molecule has 6 nitrogen and oxygen atoms in total. The third kappa shape index (κ3) is 5.36. The molecule has 2 aliphatic heterocycles. The average molecular weight is 341 g/mol. The van der Waals surface area contributed by atoms with E-state index in [1.54, 1.807) is 4.90 Å². The Morgan fingerprint density at radius 3 is 2.54 bits per heavy atom. The molecule has 2 saturated heterocycles. The zero-order valence-corrected chi connectivity index (χ0v) is 15.4. The van der Waals surface area contributed by atoms with Gasteiger partial charge in [-0.1, -0.05) is 0 Å². The maximum absolute atomic E-state index is 12.4. The average Bonchev–Trinajstić information content (AvgIpc) is 2.52. The molecule has 1 atom stereocenters. The third-order valence-electron chi connectivity index (χ3n) is 4.71. The first-order chi connectivity index (χ1) is 11.2. The summed E-state index contributed by atoms with van der Waals surface area (Å²) >= 11 is 0. The van der Waals surface area contributed by atoms with Gasteiger partial charge in [0, 0.05) is 32.2 Å². The molecule has 2 aliphatic rings. The van der Waals surface area contributed by atoms with Crippen LogP contribution < -0.4 is 0 Å². The molecule has 6 heteroatoms. The minimum absolute atomic E-state index is 0.139. The van der Waals surface area contributed by atoms with E-state index in [1.165, 1.54) is 0 Å². The Balaban J connectivity index is 1.80. The first-order valence-electron chi connectivity index (χ1n) is 8.92. The van der Waals surface area contributed by atoms with Gasteiger partial charge in [0.25, 0.3) is 0 Å². The van der Waals surface area contributed by atoms with Gasteiger partial charge < -0.3 is 19.1 Å². The Labute approximate surface area is 144 Å². The second-order valence-electron chi connectivity index (χ2n) is 8.21. The molecule has 0 bridgehead atoms. The Morgan fingerprint density at radius 2 is 1.92 bits per heavy atom. The lowest BCUT2D eigenvalue weighted by Gasteiger charge is -2.35. The highest BCUT2D eigenvalue weighted by Crippen LogP contribution is 2.31. The van der Waals surface area contributed by atoms with Crippen LogP contribution in [-0.2, 0) is 19.0 Å². The summed E-state index contributed by atoms with van der Waals surface area (Å²) in [4.78, 5) is 26.3. The number of carbonyl (C=O) groups excluding carboxylic acids is 2. The number of hydrogen-bond acceptors (Lipinski definition) is 5. The standard InChI is InChI=1S/C18H31NO5/c1-17(2,3)24-16(21)19-9-5-6-14(12-19)13-23-15(20)18(4)7-10-22-11-8-18/h14H,5-13H2,1-4H3/t14-/m1/s1. The summed E-state index contributed by atoms with van der Waals surface area (Å²) in [6.07, 6.45) is 3.01. The van der Waals surface area contributed by atoms with Crippen molar-refractivity contribution >= 4 is 12.1 Å². The molecule has 0 radical (unpaired) electrons. The van der Waals surface area contributed by atoms with Crippen molar-refractivity contribution in [2.24, 2.45) is 11.3 Å². The van der Waals surface area contributed by atoms with Gasteiger partial charge in [0.1, 0.15) is 5.60 Å². The van der Waals surface area contributed by atoms with Crippen LogP contribution in [-0.4, -0.2) is 55.5 Å². The summed E-state index contributed by atoms with van der Waals surface area (Å²) < 4.78 is 16.3. The van der Waals surface area contributed by atoms with E-state index >= 15 is 0 Å². The number of ether oxygens (including phenoxy) is 3.